The number of rotatable bonds is 7. The van der Waals surface area contributed by atoms with Crippen LogP contribution in [0.5, 0.6) is 0 Å². The van der Waals surface area contributed by atoms with Crippen molar-refractivity contribution >= 4 is 23.9 Å². The van der Waals surface area contributed by atoms with Crippen LogP contribution in [0.25, 0.3) is 6.08 Å². The molecule has 1 saturated heterocycles. The minimum absolute atomic E-state index is 0.0305. The van der Waals surface area contributed by atoms with Gasteiger partial charge in [-0.3, -0.25) is 20.1 Å². The van der Waals surface area contributed by atoms with Gasteiger partial charge in [-0.25, -0.2) is 10.3 Å². The summed E-state index contributed by atoms with van der Waals surface area (Å²) in [7, 11) is 0. The van der Waals surface area contributed by atoms with Gasteiger partial charge < -0.3 is 10.1 Å². The first-order valence-corrected chi connectivity index (χ1v) is 10.1. The molecule has 2 aromatic carbocycles. The van der Waals surface area contributed by atoms with Crippen molar-refractivity contribution in [3.63, 3.8) is 0 Å². The standard InChI is InChI=1S/C23H25N3O5/c27-21(26-30)13-10-16-8-11-17(12-9-16)20(15-19-7-4-14-31-19)24-23(29)25-22(28)18-5-2-1-3-6-18/h1-3,5-6,8-13,19-20,30H,4,7,14-15H2,(H,26,27)(H2,24,25,28,29). The van der Waals surface area contributed by atoms with E-state index >= 15 is 0 Å². The molecule has 2 aromatic rings. The van der Waals surface area contributed by atoms with E-state index in [1.54, 1.807) is 48.5 Å². The molecule has 0 radical (unpaired) electrons. The number of imide groups is 1. The minimum atomic E-state index is -0.623. The molecule has 4 amide bonds. The second kappa shape index (κ2) is 11.1. The molecule has 0 aliphatic carbocycles. The van der Waals surface area contributed by atoms with Gasteiger partial charge in [-0.15, -0.1) is 0 Å². The zero-order valence-corrected chi connectivity index (χ0v) is 16.9. The van der Waals surface area contributed by atoms with Crippen molar-refractivity contribution in [1.29, 1.82) is 0 Å². The van der Waals surface area contributed by atoms with Crippen LogP contribution in [0, 0.1) is 0 Å². The van der Waals surface area contributed by atoms with E-state index in [0.717, 1.165) is 24.0 Å². The highest BCUT2D eigenvalue weighted by Gasteiger charge is 2.24. The fourth-order valence-electron chi connectivity index (χ4n) is 3.38. The zero-order valence-electron chi connectivity index (χ0n) is 16.9. The molecule has 1 fully saturated rings. The second-order valence-corrected chi connectivity index (χ2v) is 7.19. The normalized spacial score (nSPS) is 16.6. The Morgan fingerprint density at radius 3 is 2.48 bits per heavy atom. The smallest absolute Gasteiger partial charge is 0.322 e. The van der Waals surface area contributed by atoms with E-state index in [9.17, 15) is 14.4 Å². The fraction of sp³-hybridized carbons (Fsp3) is 0.261. The molecule has 31 heavy (non-hydrogen) atoms. The Bertz CT molecular complexity index is 922. The SMILES string of the molecule is O=C(C=Cc1ccc(C(CC2CCCO2)NC(=O)NC(=O)c2ccccc2)cc1)NO. The fourth-order valence-corrected chi connectivity index (χ4v) is 3.38. The van der Waals surface area contributed by atoms with Crippen molar-refractivity contribution in [3.05, 3.63) is 77.4 Å². The number of hydrogen-bond donors (Lipinski definition) is 4. The average molecular weight is 423 g/mol. The van der Waals surface area contributed by atoms with E-state index in [4.69, 9.17) is 9.94 Å². The van der Waals surface area contributed by atoms with Gasteiger partial charge in [-0.2, -0.15) is 0 Å². The molecule has 162 valence electrons. The van der Waals surface area contributed by atoms with Crippen molar-refractivity contribution in [1.82, 2.24) is 16.1 Å². The van der Waals surface area contributed by atoms with Gasteiger partial charge in [-0.05, 0) is 48.6 Å². The van der Waals surface area contributed by atoms with E-state index in [1.807, 2.05) is 12.1 Å². The quantitative estimate of drug-likeness (QED) is 0.310. The Kier molecular flexibility index (Phi) is 7.91. The number of carbonyl (C=O) groups is 3. The highest BCUT2D eigenvalue weighted by molar-refractivity contribution is 6.04. The van der Waals surface area contributed by atoms with Crippen LogP contribution >= 0.6 is 0 Å². The van der Waals surface area contributed by atoms with Crippen LogP contribution in [0.15, 0.2) is 60.7 Å². The third-order valence-corrected chi connectivity index (χ3v) is 4.97. The Balaban J connectivity index is 1.68. The van der Waals surface area contributed by atoms with Gasteiger partial charge >= 0.3 is 6.03 Å². The van der Waals surface area contributed by atoms with Crippen LogP contribution in [-0.4, -0.2) is 35.8 Å². The highest BCUT2D eigenvalue weighted by atomic mass is 16.5. The molecule has 2 unspecified atom stereocenters. The van der Waals surface area contributed by atoms with Crippen molar-refractivity contribution in [2.45, 2.75) is 31.4 Å². The number of carbonyl (C=O) groups excluding carboxylic acids is 3. The van der Waals surface area contributed by atoms with E-state index in [-0.39, 0.29) is 12.1 Å². The number of amides is 4. The molecule has 1 aliphatic rings. The zero-order chi connectivity index (χ0) is 22.1. The van der Waals surface area contributed by atoms with Crippen molar-refractivity contribution < 1.29 is 24.3 Å². The molecule has 2 atom stereocenters. The lowest BCUT2D eigenvalue weighted by atomic mass is 9.98. The predicted molar refractivity (Wildman–Crippen MR) is 114 cm³/mol. The number of nitrogens with one attached hydrogen (secondary N) is 3. The van der Waals surface area contributed by atoms with Gasteiger partial charge in [0.2, 0.25) is 0 Å². The molecular weight excluding hydrogens is 398 g/mol. The lowest BCUT2D eigenvalue weighted by Crippen LogP contribution is -2.42. The Morgan fingerprint density at radius 1 is 1.10 bits per heavy atom. The Morgan fingerprint density at radius 2 is 1.84 bits per heavy atom. The summed E-state index contributed by atoms with van der Waals surface area (Å²) in [5.74, 6) is -1.10. The summed E-state index contributed by atoms with van der Waals surface area (Å²) in [6.07, 6.45) is 5.27. The molecule has 1 aliphatic heterocycles. The molecule has 0 aromatic heterocycles. The summed E-state index contributed by atoms with van der Waals surface area (Å²) < 4.78 is 5.72. The van der Waals surface area contributed by atoms with Gasteiger partial charge in [0.1, 0.15) is 0 Å². The molecular formula is C23H25N3O5. The number of urea groups is 1. The molecule has 8 heteroatoms. The lowest BCUT2D eigenvalue weighted by Gasteiger charge is -2.22. The van der Waals surface area contributed by atoms with Gasteiger partial charge in [0.25, 0.3) is 11.8 Å². The van der Waals surface area contributed by atoms with Gasteiger partial charge in [0.15, 0.2) is 0 Å². The number of hydrogen-bond acceptors (Lipinski definition) is 5. The third kappa shape index (κ3) is 6.77. The van der Waals surface area contributed by atoms with Gasteiger partial charge in [0, 0.05) is 18.2 Å². The van der Waals surface area contributed by atoms with Crippen LogP contribution < -0.4 is 16.1 Å². The summed E-state index contributed by atoms with van der Waals surface area (Å²) in [6, 6.07) is 14.9. The molecule has 8 nitrogen and oxygen atoms in total. The monoisotopic (exact) mass is 423 g/mol. The maximum absolute atomic E-state index is 12.5. The van der Waals surface area contributed by atoms with Crippen LogP contribution in [0.1, 0.15) is 46.8 Å². The first kappa shape index (κ1) is 22.2. The molecule has 0 bridgehead atoms. The maximum Gasteiger partial charge on any atom is 0.322 e. The molecule has 4 N–H and O–H groups in total. The van der Waals surface area contributed by atoms with E-state index in [1.165, 1.54) is 11.6 Å². The number of ether oxygens (including phenoxy) is 1. The van der Waals surface area contributed by atoms with Crippen LogP contribution in [0.3, 0.4) is 0 Å². The molecule has 3 rings (SSSR count). The van der Waals surface area contributed by atoms with E-state index in [0.29, 0.717) is 18.6 Å². The van der Waals surface area contributed by atoms with Crippen molar-refractivity contribution in [2.24, 2.45) is 0 Å². The van der Waals surface area contributed by atoms with Crippen molar-refractivity contribution in [2.75, 3.05) is 6.61 Å². The summed E-state index contributed by atoms with van der Waals surface area (Å²) in [5, 5.41) is 13.8. The third-order valence-electron chi connectivity index (χ3n) is 4.97. The predicted octanol–water partition coefficient (Wildman–Crippen LogP) is 2.96. The molecule has 0 saturated carbocycles. The summed E-state index contributed by atoms with van der Waals surface area (Å²) >= 11 is 0. The first-order chi connectivity index (χ1) is 15.0. The first-order valence-electron chi connectivity index (χ1n) is 10.1. The van der Waals surface area contributed by atoms with Crippen LogP contribution in [0.4, 0.5) is 4.79 Å². The molecule has 0 spiro atoms. The summed E-state index contributed by atoms with van der Waals surface area (Å²) in [4.78, 5) is 35.9. The minimum Gasteiger partial charge on any atom is -0.378 e. The largest absolute Gasteiger partial charge is 0.378 e. The molecule has 1 heterocycles. The highest BCUT2D eigenvalue weighted by Crippen LogP contribution is 2.25. The summed E-state index contributed by atoms with van der Waals surface area (Å²) in [6.45, 7) is 0.701. The Hall–Kier alpha value is -3.49. The second-order valence-electron chi connectivity index (χ2n) is 7.19. The van der Waals surface area contributed by atoms with E-state index < -0.39 is 17.8 Å². The Labute approximate surface area is 180 Å². The summed E-state index contributed by atoms with van der Waals surface area (Å²) in [5.41, 5.74) is 3.54. The topological polar surface area (TPSA) is 117 Å². The maximum atomic E-state index is 12.5. The van der Waals surface area contributed by atoms with Gasteiger partial charge in [-0.1, -0.05) is 42.5 Å². The van der Waals surface area contributed by atoms with Crippen LogP contribution in [-0.2, 0) is 9.53 Å². The van der Waals surface area contributed by atoms with Crippen LogP contribution in [0.2, 0.25) is 0 Å². The number of benzene rings is 2. The number of hydroxylamine groups is 1. The van der Waals surface area contributed by atoms with Crippen molar-refractivity contribution in [3.8, 4) is 0 Å². The van der Waals surface area contributed by atoms with Gasteiger partial charge in [0.05, 0.1) is 12.1 Å². The lowest BCUT2D eigenvalue weighted by molar-refractivity contribution is -0.124. The average Bonchev–Trinajstić information content (AvgIpc) is 3.31. The van der Waals surface area contributed by atoms with E-state index in [2.05, 4.69) is 10.6 Å².